The fourth-order valence-corrected chi connectivity index (χ4v) is 5.25. The van der Waals surface area contributed by atoms with Crippen LogP contribution in [0.1, 0.15) is 44.6 Å². The van der Waals surface area contributed by atoms with Gasteiger partial charge >= 0.3 is 6.18 Å². The summed E-state index contributed by atoms with van der Waals surface area (Å²) in [6.07, 6.45) is 0.561. The third-order valence-electron chi connectivity index (χ3n) is 6.09. The van der Waals surface area contributed by atoms with Gasteiger partial charge in [-0.3, -0.25) is 0 Å². The summed E-state index contributed by atoms with van der Waals surface area (Å²) in [4.78, 5) is 2.14. The molecule has 1 aliphatic rings. The molecule has 30 heavy (non-hydrogen) atoms. The van der Waals surface area contributed by atoms with E-state index in [0.717, 1.165) is 69.5 Å². The Labute approximate surface area is 177 Å². The first-order valence-electron chi connectivity index (χ1n) is 10.5. The Morgan fingerprint density at radius 2 is 1.60 bits per heavy atom. The smallest absolute Gasteiger partial charge is 0.395 e. The molecule has 0 radical (unpaired) electrons. The van der Waals surface area contributed by atoms with Crippen molar-refractivity contribution in [2.75, 3.05) is 39.8 Å². The molecule has 9 heteroatoms. The predicted molar refractivity (Wildman–Crippen MR) is 111 cm³/mol. The van der Waals surface area contributed by atoms with Gasteiger partial charge in [-0.25, -0.2) is 12.7 Å². The Kier molecular flexibility index (Phi) is 9.14. The second-order valence-electron chi connectivity index (χ2n) is 8.14. The summed E-state index contributed by atoms with van der Waals surface area (Å²) in [5, 5.41) is 9.11. The summed E-state index contributed by atoms with van der Waals surface area (Å²) in [6, 6.07) is 3.65. The predicted octanol–water partition coefficient (Wildman–Crippen LogP) is 3.84. The lowest BCUT2D eigenvalue weighted by Gasteiger charge is -2.32. The first kappa shape index (κ1) is 25.1. The van der Waals surface area contributed by atoms with Crippen molar-refractivity contribution in [3.63, 3.8) is 0 Å². The van der Waals surface area contributed by atoms with Gasteiger partial charge < -0.3 is 10.0 Å². The van der Waals surface area contributed by atoms with Gasteiger partial charge in [0.2, 0.25) is 10.0 Å². The average Bonchev–Trinajstić information content (AvgIpc) is 2.72. The van der Waals surface area contributed by atoms with Crippen molar-refractivity contribution in [3.05, 3.63) is 29.8 Å². The summed E-state index contributed by atoms with van der Waals surface area (Å²) in [5.74, 6) is 1.07. The second-order valence-corrected chi connectivity index (χ2v) is 10.2. The summed E-state index contributed by atoms with van der Waals surface area (Å²) < 4.78 is 64.6. The molecule has 1 aromatic carbocycles. The number of hydrogen-bond acceptors (Lipinski definition) is 4. The van der Waals surface area contributed by atoms with E-state index < -0.39 is 21.8 Å². The van der Waals surface area contributed by atoms with Gasteiger partial charge in [0.15, 0.2) is 0 Å². The van der Waals surface area contributed by atoms with E-state index in [4.69, 9.17) is 5.11 Å². The number of likely N-dealkylation sites (N-methyl/N-ethyl adjacent to an activating group) is 1. The molecule has 2 rings (SSSR count). The van der Waals surface area contributed by atoms with E-state index in [9.17, 15) is 21.6 Å². The topological polar surface area (TPSA) is 60.9 Å². The minimum Gasteiger partial charge on any atom is -0.395 e. The normalized spacial score (nSPS) is 20.8. The molecular weight excluding hydrogens is 417 g/mol. The molecule has 5 nitrogen and oxygen atoms in total. The van der Waals surface area contributed by atoms with Gasteiger partial charge in [-0.05, 0) is 61.9 Å². The maximum absolute atomic E-state index is 12.7. The van der Waals surface area contributed by atoms with Gasteiger partial charge in [-0.1, -0.05) is 19.8 Å². The van der Waals surface area contributed by atoms with Gasteiger partial charge in [-0.15, -0.1) is 0 Å². The third kappa shape index (κ3) is 6.93. The molecule has 1 aliphatic carbocycles. The Balaban J connectivity index is 1.83. The highest BCUT2D eigenvalue weighted by Gasteiger charge is 2.31. The number of rotatable bonds is 10. The van der Waals surface area contributed by atoms with Crippen LogP contribution in [0.2, 0.25) is 0 Å². The number of aliphatic hydroxyl groups excluding tert-OH is 1. The number of alkyl halides is 3. The third-order valence-corrected chi connectivity index (χ3v) is 7.96. The van der Waals surface area contributed by atoms with Gasteiger partial charge in [0, 0.05) is 26.7 Å². The molecule has 172 valence electrons. The van der Waals surface area contributed by atoms with Crippen molar-refractivity contribution in [1.82, 2.24) is 9.21 Å². The van der Waals surface area contributed by atoms with E-state index in [-0.39, 0.29) is 11.5 Å². The highest BCUT2D eigenvalue weighted by Crippen LogP contribution is 2.32. The van der Waals surface area contributed by atoms with E-state index in [0.29, 0.717) is 24.9 Å². The number of hydrogen-bond donors (Lipinski definition) is 1. The van der Waals surface area contributed by atoms with Crippen molar-refractivity contribution >= 4 is 10.0 Å². The SMILES string of the molecule is CCN(CCO)C[C@H]1CC[C@H](CCN(C)S(=O)(=O)c2ccc(C(F)(F)F)cc2)CC1. The lowest BCUT2D eigenvalue weighted by atomic mass is 9.80. The number of halogens is 3. The second kappa shape index (κ2) is 10.9. The van der Waals surface area contributed by atoms with Crippen molar-refractivity contribution in [1.29, 1.82) is 0 Å². The maximum Gasteiger partial charge on any atom is 0.416 e. The molecule has 0 unspecified atom stereocenters. The van der Waals surface area contributed by atoms with E-state index in [1.165, 1.54) is 11.4 Å². The summed E-state index contributed by atoms with van der Waals surface area (Å²) in [7, 11) is -2.32. The molecule has 0 amide bonds. The van der Waals surface area contributed by atoms with Crippen LogP contribution in [0.5, 0.6) is 0 Å². The van der Waals surface area contributed by atoms with Crippen molar-refractivity contribution < 1.29 is 26.7 Å². The highest BCUT2D eigenvalue weighted by molar-refractivity contribution is 7.89. The molecule has 0 aromatic heterocycles. The zero-order valence-electron chi connectivity index (χ0n) is 17.7. The van der Waals surface area contributed by atoms with Gasteiger partial charge in [0.25, 0.3) is 0 Å². The van der Waals surface area contributed by atoms with E-state index in [2.05, 4.69) is 11.8 Å². The van der Waals surface area contributed by atoms with E-state index in [1.807, 2.05) is 0 Å². The molecule has 0 aliphatic heterocycles. The molecule has 0 heterocycles. The molecule has 1 fully saturated rings. The zero-order chi connectivity index (χ0) is 22.4. The lowest BCUT2D eigenvalue weighted by Crippen LogP contribution is -2.34. The number of nitrogens with zero attached hydrogens (tertiary/aromatic N) is 2. The van der Waals surface area contributed by atoms with Crippen LogP contribution in [0.4, 0.5) is 13.2 Å². The molecule has 1 N–H and O–H groups in total. The quantitative estimate of drug-likeness (QED) is 0.589. The van der Waals surface area contributed by atoms with Crippen molar-refractivity contribution in [2.24, 2.45) is 11.8 Å². The fraction of sp³-hybridized carbons (Fsp3) is 0.714. The van der Waals surface area contributed by atoms with Gasteiger partial charge in [0.05, 0.1) is 17.1 Å². The summed E-state index contributed by atoms with van der Waals surface area (Å²) in [6.45, 7) is 5.23. The maximum atomic E-state index is 12.7. The number of aliphatic hydroxyl groups is 1. The van der Waals surface area contributed by atoms with Gasteiger partial charge in [-0.2, -0.15) is 13.2 Å². The minimum absolute atomic E-state index is 0.120. The average molecular weight is 451 g/mol. The van der Waals surface area contributed by atoms with Gasteiger partial charge in [0.1, 0.15) is 0 Å². The van der Waals surface area contributed by atoms with Crippen LogP contribution in [0, 0.1) is 11.8 Å². The molecular formula is C21H33F3N2O3S. The monoisotopic (exact) mass is 450 g/mol. The van der Waals surface area contributed by atoms with E-state index in [1.54, 1.807) is 0 Å². The van der Waals surface area contributed by atoms with Crippen LogP contribution >= 0.6 is 0 Å². The fourth-order valence-electron chi connectivity index (χ4n) is 4.07. The number of sulfonamides is 1. The molecule has 0 bridgehead atoms. The summed E-state index contributed by atoms with van der Waals surface area (Å²) >= 11 is 0. The standard InChI is InChI=1S/C21H33F3N2O3S/c1-3-26(14-15-27)16-18-6-4-17(5-7-18)12-13-25(2)30(28,29)20-10-8-19(9-11-20)21(22,23)24/h8-11,17-18,27H,3-7,12-16H2,1-2H3/t17-,18-. The molecule has 0 atom stereocenters. The Bertz CT molecular complexity index is 746. The van der Waals surface area contributed by atoms with Crippen molar-refractivity contribution in [3.8, 4) is 0 Å². The van der Waals surface area contributed by atoms with Crippen LogP contribution in [0.3, 0.4) is 0 Å². The lowest BCUT2D eigenvalue weighted by molar-refractivity contribution is -0.137. The Hall–Kier alpha value is -1.16. The number of benzene rings is 1. The molecule has 0 saturated heterocycles. The van der Waals surface area contributed by atoms with Crippen LogP contribution < -0.4 is 0 Å². The zero-order valence-corrected chi connectivity index (χ0v) is 18.6. The largest absolute Gasteiger partial charge is 0.416 e. The molecule has 1 saturated carbocycles. The molecule has 1 aromatic rings. The summed E-state index contributed by atoms with van der Waals surface area (Å²) in [5.41, 5.74) is -0.860. The van der Waals surface area contributed by atoms with Crippen LogP contribution in [0.25, 0.3) is 0 Å². The minimum atomic E-state index is -4.49. The Morgan fingerprint density at radius 1 is 1.03 bits per heavy atom. The first-order valence-corrected chi connectivity index (χ1v) is 12.0. The van der Waals surface area contributed by atoms with Crippen LogP contribution in [0.15, 0.2) is 29.2 Å². The Morgan fingerprint density at radius 3 is 2.10 bits per heavy atom. The first-order chi connectivity index (χ1) is 14.1. The molecule has 0 spiro atoms. The highest BCUT2D eigenvalue weighted by atomic mass is 32.2. The van der Waals surface area contributed by atoms with Crippen molar-refractivity contribution in [2.45, 2.75) is 50.1 Å². The van der Waals surface area contributed by atoms with Crippen LogP contribution in [-0.4, -0.2) is 62.6 Å². The van der Waals surface area contributed by atoms with Crippen LogP contribution in [-0.2, 0) is 16.2 Å². The van der Waals surface area contributed by atoms with E-state index >= 15 is 0 Å².